The van der Waals surface area contributed by atoms with Crippen molar-refractivity contribution in [3.63, 3.8) is 0 Å². The highest BCUT2D eigenvalue weighted by atomic mass is 79.9. The first kappa shape index (κ1) is 12.4. The number of benzene rings is 1. The number of hydrogen-bond acceptors (Lipinski definition) is 3. The first-order chi connectivity index (χ1) is 8.15. The summed E-state index contributed by atoms with van der Waals surface area (Å²) >= 11 is 3.38. The molecule has 4 nitrogen and oxygen atoms in total. The number of nitrogens with two attached hydrogens (primary N) is 1. The van der Waals surface area contributed by atoms with Crippen LogP contribution < -0.4 is 11.1 Å². The Balaban J connectivity index is 1.99. The van der Waals surface area contributed by atoms with Crippen molar-refractivity contribution < 1.29 is 4.79 Å². The molecule has 0 aliphatic carbocycles. The second-order valence-corrected chi connectivity index (χ2v) is 5.09. The summed E-state index contributed by atoms with van der Waals surface area (Å²) < 4.78 is 0.925. The highest BCUT2D eigenvalue weighted by molar-refractivity contribution is 9.10. The number of nitrogens with one attached hydrogen (secondary N) is 1. The molecule has 0 radical (unpaired) electrons. The molecule has 1 heterocycles. The van der Waals surface area contributed by atoms with Crippen LogP contribution >= 0.6 is 15.9 Å². The van der Waals surface area contributed by atoms with Crippen LogP contribution in [-0.4, -0.2) is 30.4 Å². The topological polar surface area (TPSA) is 58.4 Å². The molecule has 1 aliphatic rings. The minimum absolute atomic E-state index is 0.142. The third kappa shape index (κ3) is 3.44. The van der Waals surface area contributed by atoms with Crippen molar-refractivity contribution >= 4 is 27.5 Å². The van der Waals surface area contributed by atoms with Gasteiger partial charge in [0.1, 0.15) is 0 Å². The third-order valence-corrected chi connectivity index (χ3v) is 3.59. The Labute approximate surface area is 109 Å². The SMILES string of the molecule is Nc1cc(CN2CCNC(=O)CC2)ccc1Br. The lowest BCUT2D eigenvalue weighted by molar-refractivity contribution is -0.120. The van der Waals surface area contributed by atoms with Crippen LogP contribution in [0.1, 0.15) is 12.0 Å². The van der Waals surface area contributed by atoms with E-state index in [2.05, 4.69) is 32.2 Å². The van der Waals surface area contributed by atoms with Crippen molar-refractivity contribution in [1.29, 1.82) is 0 Å². The summed E-state index contributed by atoms with van der Waals surface area (Å²) in [5.74, 6) is 0.142. The Morgan fingerprint density at radius 2 is 2.24 bits per heavy atom. The molecule has 1 aromatic rings. The fourth-order valence-corrected chi connectivity index (χ4v) is 2.17. The highest BCUT2D eigenvalue weighted by Gasteiger charge is 2.13. The number of nitrogen functional groups attached to an aromatic ring is 1. The number of hydrogen-bond donors (Lipinski definition) is 2. The van der Waals surface area contributed by atoms with E-state index in [9.17, 15) is 4.79 Å². The summed E-state index contributed by atoms with van der Waals surface area (Å²) in [6.07, 6.45) is 0.575. The lowest BCUT2D eigenvalue weighted by Gasteiger charge is -2.19. The number of rotatable bonds is 2. The monoisotopic (exact) mass is 297 g/mol. The molecule has 0 atom stereocenters. The van der Waals surface area contributed by atoms with Crippen molar-refractivity contribution in [1.82, 2.24) is 10.2 Å². The molecular formula is C12H16BrN3O. The smallest absolute Gasteiger partial charge is 0.221 e. The van der Waals surface area contributed by atoms with Crippen molar-refractivity contribution in [3.05, 3.63) is 28.2 Å². The van der Waals surface area contributed by atoms with E-state index in [1.54, 1.807) is 0 Å². The van der Waals surface area contributed by atoms with Gasteiger partial charge in [-0.3, -0.25) is 9.69 Å². The number of amides is 1. The number of carbonyl (C=O) groups excluding carboxylic acids is 1. The maximum absolute atomic E-state index is 11.2. The number of nitrogens with zero attached hydrogens (tertiary/aromatic N) is 1. The summed E-state index contributed by atoms with van der Waals surface area (Å²) in [6, 6.07) is 6.00. The molecular weight excluding hydrogens is 282 g/mol. The predicted molar refractivity (Wildman–Crippen MR) is 71.5 cm³/mol. The van der Waals surface area contributed by atoms with E-state index >= 15 is 0 Å². The molecule has 0 aromatic heterocycles. The van der Waals surface area contributed by atoms with Crippen LogP contribution in [0, 0.1) is 0 Å². The summed E-state index contributed by atoms with van der Waals surface area (Å²) in [5, 5.41) is 2.87. The van der Waals surface area contributed by atoms with E-state index in [0.717, 1.165) is 36.3 Å². The van der Waals surface area contributed by atoms with Gasteiger partial charge in [-0.1, -0.05) is 6.07 Å². The molecule has 0 spiro atoms. The van der Waals surface area contributed by atoms with E-state index in [-0.39, 0.29) is 5.91 Å². The molecule has 1 fully saturated rings. The zero-order valence-electron chi connectivity index (χ0n) is 9.58. The second kappa shape index (κ2) is 5.51. The second-order valence-electron chi connectivity index (χ2n) is 4.23. The van der Waals surface area contributed by atoms with Gasteiger partial charge in [0.15, 0.2) is 0 Å². The lowest BCUT2D eigenvalue weighted by Crippen LogP contribution is -2.28. The number of carbonyl (C=O) groups is 1. The fraction of sp³-hybridized carbons (Fsp3) is 0.417. The Kier molecular flexibility index (Phi) is 4.02. The Morgan fingerprint density at radius 1 is 1.41 bits per heavy atom. The lowest BCUT2D eigenvalue weighted by atomic mass is 10.2. The molecule has 1 amide bonds. The summed E-state index contributed by atoms with van der Waals surface area (Å²) in [4.78, 5) is 13.5. The van der Waals surface area contributed by atoms with E-state index in [1.807, 2.05) is 12.1 Å². The maximum Gasteiger partial charge on any atom is 0.221 e. The average Bonchev–Trinajstić information content (AvgIpc) is 2.49. The Hall–Kier alpha value is -1.07. The molecule has 1 aliphatic heterocycles. The normalized spacial score (nSPS) is 17.6. The largest absolute Gasteiger partial charge is 0.398 e. The van der Waals surface area contributed by atoms with Gasteiger partial charge < -0.3 is 11.1 Å². The predicted octanol–water partition coefficient (Wildman–Crippen LogP) is 1.35. The summed E-state index contributed by atoms with van der Waals surface area (Å²) in [5.41, 5.74) is 7.78. The van der Waals surface area contributed by atoms with Crippen LogP contribution in [0.25, 0.3) is 0 Å². The molecule has 0 bridgehead atoms. The quantitative estimate of drug-likeness (QED) is 0.810. The van der Waals surface area contributed by atoms with Gasteiger partial charge in [0.05, 0.1) is 0 Å². The Bertz CT molecular complexity index is 422. The van der Waals surface area contributed by atoms with Crippen LogP contribution in [-0.2, 0) is 11.3 Å². The molecule has 0 saturated carbocycles. The van der Waals surface area contributed by atoms with Crippen molar-refractivity contribution in [2.24, 2.45) is 0 Å². The van der Waals surface area contributed by atoms with Crippen LogP contribution in [0.5, 0.6) is 0 Å². The first-order valence-corrected chi connectivity index (χ1v) is 6.47. The molecule has 92 valence electrons. The van der Waals surface area contributed by atoms with Crippen LogP contribution in [0.3, 0.4) is 0 Å². The minimum atomic E-state index is 0.142. The van der Waals surface area contributed by atoms with E-state index in [4.69, 9.17) is 5.73 Å². The summed E-state index contributed by atoms with van der Waals surface area (Å²) in [7, 11) is 0. The highest BCUT2D eigenvalue weighted by Crippen LogP contribution is 2.21. The number of anilines is 1. The van der Waals surface area contributed by atoms with Gasteiger partial charge >= 0.3 is 0 Å². The first-order valence-electron chi connectivity index (χ1n) is 5.68. The van der Waals surface area contributed by atoms with Gasteiger partial charge in [0.2, 0.25) is 5.91 Å². The Morgan fingerprint density at radius 3 is 3.00 bits per heavy atom. The van der Waals surface area contributed by atoms with E-state index < -0.39 is 0 Å². The van der Waals surface area contributed by atoms with Crippen LogP contribution in [0.2, 0.25) is 0 Å². The van der Waals surface area contributed by atoms with Crippen molar-refractivity contribution in [2.45, 2.75) is 13.0 Å². The van der Waals surface area contributed by atoms with Gasteiger partial charge in [0, 0.05) is 42.8 Å². The van der Waals surface area contributed by atoms with Gasteiger partial charge in [-0.25, -0.2) is 0 Å². The van der Waals surface area contributed by atoms with E-state index in [0.29, 0.717) is 6.42 Å². The molecule has 17 heavy (non-hydrogen) atoms. The molecule has 2 rings (SSSR count). The van der Waals surface area contributed by atoms with Gasteiger partial charge in [-0.05, 0) is 33.6 Å². The molecule has 5 heteroatoms. The zero-order chi connectivity index (χ0) is 12.3. The minimum Gasteiger partial charge on any atom is -0.398 e. The maximum atomic E-state index is 11.2. The number of halogens is 1. The third-order valence-electron chi connectivity index (χ3n) is 2.87. The molecule has 3 N–H and O–H groups in total. The van der Waals surface area contributed by atoms with Crippen molar-refractivity contribution in [3.8, 4) is 0 Å². The molecule has 0 unspecified atom stereocenters. The van der Waals surface area contributed by atoms with Gasteiger partial charge in [0.25, 0.3) is 0 Å². The van der Waals surface area contributed by atoms with Crippen molar-refractivity contribution in [2.75, 3.05) is 25.4 Å². The van der Waals surface area contributed by atoms with Gasteiger partial charge in [-0.2, -0.15) is 0 Å². The van der Waals surface area contributed by atoms with Gasteiger partial charge in [-0.15, -0.1) is 0 Å². The molecule has 1 saturated heterocycles. The average molecular weight is 298 g/mol. The standard InChI is InChI=1S/C12H16BrN3O/c13-10-2-1-9(7-11(10)14)8-16-5-3-12(17)15-4-6-16/h1-2,7H,3-6,8,14H2,(H,15,17). The zero-order valence-corrected chi connectivity index (χ0v) is 11.2. The van der Waals surface area contributed by atoms with Crippen LogP contribution in [0.15, 0.2) is 22.7 Å². The summed E-state index contributed by atoms with van der Waals surface area (Å²) in [6.45, 7) is 3.26. The molecule has 1 aromatic carbocycles. The fourth-order valence-electron chi connectivity index (χ4n) is 1.92. The van der Waals surface area contributed by atoms with Crippen LogP contribution in [0.4, 0.5) is 5.69 Å². The van der Waals surface area contributed by atoms with E-state index in [1.165, 1.54) is 5.56 Å².